The second-order valence-corrected chi connectivity index (χ2v) is 6.25. The third kappa shape index (κ3) is 8.27. The van der Waals surface area contributed by atoms with Crippen LogP contribution >= 0.6 is 12.4 Å². The zero-order valence-corrected chi connectivity index (χ0v) is 15.5. The molecule has 1 aromatic carbocycles. The number of nitrogens with one attached hydrogen (secondary N) is 2. The highest BCUT2D eigenvalue weighted by molar-refractivity contribution is 5.85. The summed E-state index contributed by atoms with van der Waals surface area (Å²) in [6, 6.07) is 1.98. The Morgan fingerprint density at radius 1 is 1.20 bits per heavy atom. The quantitative estimate of drug-likeness (QED) is 0.650. The van der Waals surface area contributed by atoms with Crippen molar-refractivity contribution in [2.24, 2.45) is 11.7 Å². The van der Waals surface area contributed by atoms with Crippen LogP contribution in [0.25, 0.3) is 0 Å². The van der Waals surface area contributed by atoms with Gasteiger partial charge in [-0.15, -0.1) is 12.4 Å². The van der Waals surface area contributed by atoms with E-state index in [-0.39, 0.29) is 36.3 Å². The van der Waals surface area contributed by atoms with Crippen LogP contribution in [0.3, 0.4) is 0 Å². The van der Waals surface area contributed by atoms with Crippen molar-refractivity contribution in [3.63, 3.8) is 0 Å². The van der Waals surface area contributed by atoms with E-state index in [1.807, 2.05) is 13.8 Å². The van der Waals surface area contributed by atoms with Gasteiger partial charge in [0, 0.05) is 31.1 Å². The zero-order chi connectivity index (χ0) is 18.3. The number of carbonyl (C=O) groups is 2. The van der Waals surface area contributed by atoms with Crippen molar-refractivity contribution >= 4 is 24.2 Å². The van der Waals surface area contributed by atoms with E-state index in [2.05, 4.69) is 10.6 Å². The first-order valence-electron chi connectivity index (χ1n) is 7.94. The molecule has 25 heavy (non-hydrogen) atoms. The van der Waals surface area contributed by atoms with E-state index in [1.54, 1.807) is 0 Å². The largest absolute Gasteiger partial charge is 0.352 e. The SMILES string of the molecule is CC(=O)NC(CC(=O)NC(CN)CC(C)C)c1ccc(F)cc1F.Cl. The summed E-state index contributed by atoms with van der Waals surface area (Å²) in [6.45, 7) is 5.60. The highest BCUT2D eigenvalue weighted by Crippen LogP contribution is 2.21. The van der Waals surface area contributed by atoms with Crippen LogP contribution in [0.5, 0.6) is 0 Å². The van der Waals surface area contributed by atoms with Crippen LogP contribution in [0.15, 0.2) is 18.2 Å². The lowest BCUT2D eigenvalue weighted by molar-refractivity contribution is -0.123. The number of halogens is 3. The van der Waals surface area contributed by atoms with Crippen molar-refractivity contribution in [2.45, 2.75) is 45.7 Å². The Labute approximate surface area is 153 Å². The molecular formula is C17H26ClF2N3O2. The molecular weight excluding hydrogens is 352 g/mol. The van der Waals surface area contributed by atoms with Gasteiger partial charge in [0.15, 0.2) is 0 Å². The Bertz CT molecular complexity index is 585. The van der Waals surface area contributed by atoms with E-state index in [9.17, 15) is 18.4 Å². The lowest BCUT2D eigenvalue weighted by Gasteiger charge is -2.22. The molecule has 2 amide bonds. The fourth-order valence-electron chi connectivity index (χ4n) is 2.52. The summed E-state index contributed by atoms with van der Waals surface area (Å²) in [7, 11) is 0. The monoisotopic (exact) mass is 377 g/mol. The molecule has 2 unspecified atom stereocenters. The number of carbonyl (C=O) groups excluding carboxylic acids is 2. The third-order valence-corrected chi connectivity index (χ3v) is 3.51. The molecule has 0 aliphatic rings. The Balaban J connectivity index is 0.00000576. The van der Waals surface area contributed by atoms with Crippen LogP contribution in [0.1, 0.15) is 45.2 Å². The zero-order valence-electron chi connectivity index (χ0n) is 14.6. The molecule has 0 bridgehead atoms. The maximum Gasteiger partial charge on any atom is 0.222 e. The van der Waals surface area contributed by atoms with Crippen molar-refractivity contribution < 1.29 is 18.4 Å². The Morgan fingerprint density at radius 3 is 2.32 bits per heavy atom. The van der Waals surface area contributed by atoms with Gasteiger partial charge < -0.3 is 16.4 Å². The van der Waals surface area contributed by atoms with Crippen LogP contribution in [0.2, 0.25) is 0 Å². The first-order valence-corrected chi connectivity index (χ1v) is 7.94. The molecule has 0 fully saturated rings. The van der Waals surface area contributed by atoms with Crippen molar-refractivity contribution in [2.75, 3.05) is 6.54 Å². The van der Waals surface area contributed by atoms with Gasteiger partial charge in [-0.1, -0.05) is 19.9 Å². The molecule has 1 rings (SSSR count). The molecule has 0 radical (unpaired) electrons. The second-order valence-electron chi connectivity index (χ2n) is 6.25. The third-order valence-electron chi connectivity index (χ3n) is 3.51. The van der Waals surface area contributed by atoms with Gasteiger partial charge in [-0.05, 0) is 18.4 Å². The number of amides is 2. The minimum Gasteiger partial charge on any atom is -0.352 e. The number of benzene rings is 1. The maximum absolute atomic E-state index is 14.0. The molecule has 0 aromatic heterocycles. The molecule has 2 atom stereocenters. The van der Waals surface area contributed by atoms with Gasteiger partial charge in [0.2, 0.25) is 11.8 Å². The number of hydrogen-bond donors (Lipinski definition) is 3. The smallest absolute Gasteiger partial charge is 0.222 e. The van der Waals surface area contributed by atoms with E-state index in [1.165, 1.54) is 13.0 Å². The number of rotatable bonds is 8. The molecule has 0 heterocycles. The summed E-state index contributed by atoms with van der Waals surface area (Å²) in [5.74, 6) is -1.93. The van der Waals surface area contributed by atoms with Gasteiger partial charge in [0.05, 0.1) is 12.5 Å². The topological polar surface area (TPSA) is 84.2 Å². The predicted octanol–water partition coefficient (Wildman–Crippen LogP) is 2.44. The predicted molar refractivity (Wildman–Crippen MR) is 95.2 cm³/mol. The summed E-state index contributed by atoms with van der Waals surface area (Å²) in [4.78, 5) is 23.6. The standard InChI is InChI=1S/C17H25F2N3O2.ClH/c1-10(2)6-13(9-20)22-17(24)8-16(21-11(3)23)14-5-4-12(18)7-15(14)19;/h4-5,7,10,13,16H,6,8-9,20H2,1-3H3,(H,21,23)(H,22,24);1H. The van der Waals surface area contributed by atoms with E-state index >= 15 is 0 Å². The summed E-state index contributed by atoms with van der Waals surface area (Å²) >= 11 is 0. The number of nitrogens with two attached hydrogens (primary N) is 1. The molecule has 8 heteroatoms. The van der Waals surface area contributed by atoms with Crippen molar-refractivity contribution in [1.29, 1.82) is 0 Å². The Morgan fingerprint density at radius 2 is 1.84 bits per heavy atom. The fraction of sp³-hybridized carbons (Fsp3) is 0.529. The Hall–Kier alpha value is -1.73. The van der Waals surface area contributed by atoms with E-state index in [4.69, 9.17) is 5.73 Å². The molecule has 0 saturated carbocycles. The second kappa shape index (κ2) is 11.0. The lowest BCUT2D eigenvalue weighted by atomic mass is 10.0. The maximum atomic E-state index is 14.0. The van der Waals surface area contributed by atoms with Gasteiger partial charge in [0.1, 0.15) is 11.6 Å². The van der Waals surface area contributed by atoms with Crippen molar-refractivity contribution in [3.8, 4) is 0 Å². The van der Waals surface area contributed by atoms with Gasteiger partial charge in [-0.2, -0.15) is 0 Å². The van der Waals surface area contributed by atoms with E-state index in [0.717, 1.165) is 18.6 Å². The van der Waals surface area contributed by atoms with Crippen molar-refractivity contribution in [1.82, 2.24) is 10.6 Å². The fourth-order valence-corrected chi connectivity index (χ4v) is 2.52. The Kier molecular flexibility index (Phi) is 10.2. The molecule has 0 aliphatic carbocycles. The average molecular weight is 378 g/mol. The summed E-state index contributed by atoms with van der Waals surface area (Å²) < 4.78 is 27.0. The molecule has 4 N–H and O–H groups in total. The van der Waals surface area contributed by atoms with Gasteiger partial charge in [0.25, 0.3) is 0 Å². The highest BCUT2D eigenvalue weighted by atomic mass is 35.5. The summed E-state index contributed by atoms with van der Waals surface area (Å²) in [5.41, 5.74) is 5.71. The first-order chi connectivity index (χ1) is 11.2. The highest BCUT2D eigenvalue weighted by Gasteiger charge is 2.22. The first kappa shape index (κ1) is 23.3. The van der Waals surface area contributed by atoms with Gasteiger partial charge in [-0.3, -0.25) is 9.59 Å². The van der Waals surface area contributed by atoms with E-state index in [0.29, 0.717) is 12.5 Å². The molecule has 0 spiro atoms. The van der Waals surface area contributed by atoms with Crippen LogP contribution < -0.4 is 16.4 Å². The van der Waals surface area contributed by atoms with Crippen molar-refractivity contribution in [3.05, 3.63) is 35.4 Å². The molecule has 1 aromatic rings. The van der Waals surface area contributed by atoms with Crippen LogP contribution in [0, 0.1) is 17.6 Å². The molecule has 142 valence electrons. The van der Waals surface area contributed by atoms with Crippen LogP contribution in [0.4, 0.5) is 8.78 Å². The van der Waals surface area contributed by atoms with E-state index < -0.39 is 23.6 Å². The molecule has 0 aliphatic heterocycles. The van der Waals surface area contributed by atoms with Crippen LogP contribution in [-0.2, 0) is 9.59 Å². The minimum atomic E-state index is -0.874. The molecule has 0 saturated heterocycles. The minimum absolute atomic E-state index is 0. The lowest BCUT2D eigenvalue weighted by Crippen LogP contribution is -2.42. The van der Waals surface area contributed by atoms with Gasteiger partial charge >= 0.3 is 0 Å². The molecule has 5 nitrogen and oxygen atoms in total. The van der Waals surface area contributed by atoms with Crippen LogP contribution in [-0.4, -0.2) is 24.4 Å². The summed E-state index contributed by atoms with van der Waals surface area (Å²) in [5, 5.41) is 5.32. The number of hydrogen-bond acceptors (Lipinski definition) is 3. The van der Waals surface area contributed by atoms with Gasteiger partial charge in [-0.25, -0.2) is 8.78 Å². The normalized spacial score (nSPS) is 12.9. The summed E-state index contributed by atoms with van der Waals surface area (Å²) in [6.07, 6.45) is 0.564. The average Bonchev–Trinajstić information content (AvgIpc) is 2.44.